The van der Waals surface area contributed by atoms with Gasteiger partial charge in [-0.05, 0) is 24.5 Å². The fourth-order valence-electron chi connectivity index (χ4n) is 2.33. The maximum atomic E-state index is 5.36. The third-order valence-corrected chi connectivity index (χ3v) is 3.55. The van der Waals surface area contributed by atoms with Crippen LogP contribution in [0.5, 0.6) is 5.75 Å². The number of hydrogen-bond acceptors (Lipinski definition) is 3. The van der Waals surface area contributed by atoms with Gasteiger partial charge in [0.1, 0.15) is 5.75 Å². The standard InChI is InChI=1S/C17H25N5O/c1-18-17(20-9-5-12-22-13-11-19-14-22)21-10-8-15-6-3-4-7-16(15)23-2/h3-4,6-7,11,13-14H,5,8-10,12H2,1-2H3,(H2,18,20,21). The highest BCUT2D eigenvalue weighted by atomic mass is 16.5. The van der Waals surface area contributed by atoms with Gasteiger partial charge in [0.2, 0.25) is 0 Å². The number of aliphatic imine (C=N–C) groups is 1. The van der Waals surface area contributed by atoms with Crippen molar-refractivity contribution in [1.82, 2.24) is 20.2 Å². The van der Waals surface area contributed by atoms with Gasteiger partial charge in [-0.15, -0.1) is 0 Å². The lowest BCUT2D eigenvalue weighted by Gasteiger charge is -2.13. The summed E-state index contributed by atoms with van der Waals surface area (Å²) in [4.78, 5) is 8.27. The van der Waals surface area contributed by atoms with Crippen LogP contribution in [0.15, 0.2) is 48.0 Å². The average molecular weight is 315 g/mol. The van der Waals surface area contributed by atoms with Crippen LogP contribution in [0, 0.1) is 0 Å². The second-order valence-electron chi connectivity index (χ2n) is 5.14. The number of guanidine groups is 1. The first kappa shape index (κ1) is 16.9. The summed E-state index contributed by atoms with van der Waals surface area (Å²) in [5.41, 5.74) is 1.19. The molecule has 0 fully saturated rings. The minimum atomic E-state index is 0.807. The summed E-state index contributed by atoms with van der Waals surface area (Å²) in [6.45, 7) is 2.62. The summed E-state index contributed by atoms with van der Waals surface area (Å²) in [6.07, 6.45) is 7.51. The van der Waals surface area contributed by atoms with E-state index in [1.165, 1.54) is 5.56 Å². The first-order valence-corrected chi connectivity index (χ1v) is 7.85. The molecule has 0 saturated carbocycles. The molecule has 1 heterocycles. The van der Waals surface area contributed by atoms with Crippen molar-refractivity contribution >= 4 is 5.96 Å². The fraction of sp³-hybridized carbons (Fsp3) is 0.412. The number of rotatable bonds is 8. The number of aryl methyl sites for hydroxylation is 1. The van der Waals surface area contributed by atoms with Gasteiger partial charge in [0.05, 0.1) is 13.4 Å². The lowest BCUT2D eigenvalue weighted by atomic mass is 10.1. The van der Waals surface area contributed by atoms with Crippen molar-refractivity contribution in [1.29, 1.82) is 0 Å². The van der Waals surface area contributed by atoms with E-state index >= 15 is 0 Å². The number of methoxy groups -OCH3 is 1. The van der Waals surface area contributed by atoms with Gasteiger partial charge in [-0.2, -0.15) is 0 Å². The second-order valence-corrected chi connectivity index (χ2v) is 5.14. The average Bonchev–Trinajstić information content (AvgIpc) is 3.10. The van der Waals surface area contributed by atoms with Crippen molar-refractivity contribution in [3.63, 3.8) is 0 Å². The van der Waals surface area contributed by atoms with E-state index in [9.17, 15) is 0 Å². The number of nitrogens with zero attached hydrogens (tertiary/aromatic N) is 3. The Balaban J connectivity index is 1.66. The van der Waals surface area contributed by atoms with Crippen molar-refractivity contribution in [2.45, 2.75) is 19.4 Å². The number of hydrogen-bond donors (Lipinski definition) is 2. The first-order valence-electron chi connectivity index (χ1n) is 7.85. The molecule has 124 valence electrons. The predicted molar refractivity (Wildman–Crippen MR) is 92.9 cm³/mol. The summed E-state index contributed by atoms with van der Waals surface area (Å²) in [5, 5.41) is 6.65. The van der Waals surface area contributed by atoms with Crippen LogP contribution in [0.4, 0.5) is 0 Å². The third kappa shape index (κ3) is 5.65. The normalized spacial score (nSPS) is 11.3. The molecular weight excluding hydrogens is 290 g/mol. The zero-order chi connectivity index (χ0) is 16.3. The number of benzene rings is 1. The van der Waals surface area contributed by atoms with Gasteiger partial charge in [-0.25, -0.2) is 4.98 Å². The van der Waals surface area contributed by atoms with Crippen LogP contribution in [-0.2, 0) is 13.0 Å². The van der Waals surface area contributed by atoms with E-state index in [1.807, 2.05) is 30.7 Å². The van der Waals surface area contributed by atoms with E-state index < -0.39 is 0 Å². The largest absolute Gasteiger partial charge is 0.496 e. The van der Waals surface area contributed by atoms with Crippen LogP contribution < -0.4 is 15.4 Å². The van der Waals surface area contributed by atoms with E-state index in [0.29, 0.717) is 0 Å². The Morgan fingerprint density at radius 1 is 1.26 bits per heavy atom. The Morgan fingerprint density at radius 2 is 2.09 bits per heavy atom. The summed E-state index contributed by atoms with van der Waals surface area (Å²) >= 11 is 0. The Bertz CT molecular complexity index is 595. The van der Waals surface area contributed by atoms with Gasteiger partial charge in [0.25, 0.3) is 0 Å². The number of ether oxygens (including phenoxy) is 1. The SMILES string of the molecule is CN=C(NCCCn1ccnc1)NCCc1ccccc1OC. The molecule has 0 aliphatic rings. The highest BCUT2D eigenvalue weighted by molar-refractivity contribution is 5.79. The summed E-state index contributed by atoms with van der Waals surface area (Å²) in [7, 11) is 3.49. The van der Waals surface area contributed by atoms with E-state index in [2.05, 4.69) is 31.2 Å². The van der Waals surface area contributed by atoms with Crippen molar-refractivity contribution in [2.24, 2.45) is 4.99 Å². The summed E-state index contributed by atoms with van der Waals surface area (Å²) in [5.74, 6) is 1.75. The molecule has 6 heteroatoms. The summed E-state index contributed by atoms with van der Waals surface area (Å²) in [6, 6.07) is 8.08. The van der Waals surface area contributed by atoms with Gasteiger partial charge < -0.3 is 19.9 Å². The lowest BCUT2D eigenvalue weighted by Crippen LogP contribution is -2.39. The zero-order valence-corrected chi connectivity index (χ0v) is 13.8. The van der Waals surface area contributed by atoms with Gasteiger partial charge >= 0.3 is 0 Å². The molecule has 0 atom stereocenters. The molecule has 1 aromatic carbocycles. The summed E-state index contributed by atoms with van der Waals surface area (Å²) < 4.78 is 7.43. The van der Waals surface area contributed by atoms with Crippen molar-refractivity contribution in [3.8, 4) is 5.75 Å². The first-order chi connectivity index (χ1) is 11.3. The molecule has 0 radical (unpaired) electrons. The molecule has 0 aliphatic heterocycles. The van der Waals surface area contributed by atoms with E-state index in [4.69, 9.17) is 4.74 Å². The number of nitrogens with one attached hydrogen (secondary N) is 2. The van der Waals surface area contributed by atoms with Gasteiger partial charge in [-0.3, -0.25) is 4.99 Å². The lowest BCUT2D eigenvalue weighted by molar-refractivity contribution is 0.409. The Morgan fingerprint density at radius 3 is 2.83 bits per heavy atom. The quantitative estimate of drug-likeness (QED) is 0.442. The minimum Gasteiger partial charge on any atom is -0.496 e. The highest BCUT2D eigenvalue weighted by Crippen LogP contribution is 2.17. The molecule has 0 aliphatic carbocycles. The molecule has 0 bridgehead atoms. The Hall–Kier alpha value is -2.50. The zero-order valence-electron chi connectivity index (χ0n) is 13.8. The molecule has 23 heavy (non-hydrogen) atoms. The third-order valence-electron chi connectivity index (χ3n) is 3.55. The van der Waals surface area contributed by atoms with E-state index in [0.717, 1.165) is 44.2 Å². The maximum absolute atomic E-state index is 5.36. The van der Waals surface area contributed by atoms with Crippen LogP contribution in [0.25, 0.3) is 0 Å². The Labute approximate surface area is 137 Å². The van der Waals surface area contributed by atoms with Crippen LogP contribution in [-0.4, -0.2) is 42.8 Å². The molecular formula is C17H25N5O. The van der Waals surface area contributed by atoms with Crippen LogP contribution in [0.3, 0.4) is 0 Å². The van der Waals surface area contributed by atoms with Crippen molar-refractivity contribution in [3.05, 3.63) is 48.5 Å². The predicted octanol–water partition coefficient (Wildman–Crippen LogP) is 1.69. The molecule has 0 saturated heterocycles. The Kier molecular flexibility index (Phi) is 6.97. The molecule has 0 amide bonds. The molecule has 1 aromatic heterocycles. The van der Waals surface area contributed by atoms with Crippen molar-refractivity contribution in [2.75, 3.05) is 27.2 Å². The van der Waals surface area contributed by atoms with Crippen LogP contribution in [0.2, 0.25) is 0 Å². The van der Waals surface area contributed by atoms with Crippen molar-refractivity contribution < 1.29 is 4.74 Å². The molecule has 6 nitrogen and oxygen atoms in total. The number of para-hydroxylation sites is 1. The van der Waals surface area contributed by atoms with Crippen LogP contribution >= 0.6 is 0 Å². The monoisotopic (exact) mass is 315 g/mol. The second kappa shape index (κ2) is 9.50. The molecule has 0 unspecified atom stereocenters. The number of aromatic nitrogens is 2. The topological polar surface area (TPSA) is 63.5 Å². The highest BCUT2D eigenvalue weighted by Gasteiger charge is 2.02. The number of imidazole rings is 1. The van der Waals surface area contributed by atoms with Gasteiger partial charge in [0.15, 0.2) is 5.96 Å². The maximum Gasteiger partial charge on any atom is 0.190 e. The smallest absolute Gasteiger partial charge is 0.190 e. The minimum absolute atomic E-state index is 0.807. The van der Waals surface area contributed by atoms with Crippen LogP contribution in [0.1, 0.15) is 12.0 Å². The fourth-order valence-corrected chi connectivity index (χ4v) is 2.33. The molecule has 2 N–H and O–H groups in total. The molecule has 2 rings (SSSR count). The van der Waals surface area contributed by atoms with E-state index in [-0.39, 0.29) is 0 Å². The van der Waals surface area contributed by atoms with Gasteiger partial charge in [0, 0.05) is 39.1 Å². The van der Waals surface area contributed by atoms with Gasteiger partial charge in [-0.1, -0.05) is 18.2 Å². The molecule has 0 spiro atoms. The van der Waals surface area contributed by atoms with E-state index in [1.54, 1.807) is 20.4 Å². The molecule has 2 aromatic rings.